The summed E-state index contributed by atoms with van der Waals surface area (Å²) in [7, 11) is 0. The summed E-state index contributed by atoms with van der Waals surface area (Å²) in [4.78, 5) is 10.3. The number of para-hydroxylation sites is 1. The van der Waals surface area contributed by atoms with Crippen LogP contribution in [-0.2, 0) is 0 Å². The Morgan fingerprint density at radius 3 is 2.68 bits per heavy atom. The molecule has 0 bridgehead atoms. The Bertz CT molecular complexity index is 646. The van der Waals surface area contributed by atoms with Gasteiger partial charge >= 0.3 is 5.69 Å². The first-order valence-corrected chi connectivity index (χ1v) is 5.73. The van der Waals surface area contributed by atoms with Gasteiger partial charge in [-0.3, -0.25) is 10.1 Å². The molecule has 6 heteroatoms. The maximum atomic E-state index is 13.1. The van der Waals surface area contributed by atoms with Gasteiger partial charge in [0.25, 0.3) is 0 Å². The van der Waals surface area contributed by atoms with Crippen LogP contribution < -0.4 is 4.74 Å². The second-order valence-electron chi connectivity index (χ2n) is 3.86. The summed E-state index contributed by atoms with van der Waals surface area (Å²) in [6.07, 6.45) is 0. The lowest BCUT2D eigenvalue weighted by molar-refractivity contribution is -0.385. The van der Waals surface area contributed by atoms with Crippen LogP contribution in [0, 0.1) is 22.9 Å². The largest absolute Gasteiger partial charge is 0.450 e. The van der Waals surface area contributed by atoms with Crippen LogP contribution in [0.5, 0.6) is 11.5 Å². The van der Waals surface area contributed by atoms with E-state index in [0.29, 0.717) is 11.3 Å². The summed E-state index contributed by atoms with van der Waals surface area (Å²) >= 11 is 5.77. The average molecular weight is 282 g/mol. The van der Waals surface area contributed by atoms with Crippen molar-refractivity contribution in [1.29, 1.82) is 0 Å². The minimum atomic E-state index is -0.617. The Morgan fingerprint density at radius 1 is 1.32 bits per heavy atom. The van der Waals surface area contributed by atoms with Gasteiger partial charge < -0.3 is 4.74 Å². The van der Waals surface area contributed by atoms with E-state index >= 15 is 0 Å². The molecule has 0 N–H and O–H groups in total. The predicted molar refractivity (Wildman–Crippen MR) is 69.3 cm³/mol. The number of hydrogen-bond acceptors (Lipinski definition) is 3. The summed E-state index contributed by atoms with van der Waals surface area (Å²) in [5, 5.41) is 10.9. The minimum Gasteiger partial charge on any atom is -0.450 e. The zero-order valence-electron chi connectivity index (χ0n) is 9.89. The molecular weight excluding hydrogens is 273 g/mol. The molecule has 0 aromatic heterocycles. The molecule has 0 heterocycles. The van der Waals surface area contributed by atoms with E-state index in [0.717, 1.165) is 0 Å². The lowest BCUT2D eigenvalue weighted by Crippen LogP contribution is -1.95. The third-order valence-electron chi connectivity index (χ3n) is 2.49. The van der Waals surface area contributed by atoms with Crippen molar-refractivity contribution in [3.63, 3.8) is 0 Å². The van der Waals surface area contributed by atoms with Gasteiger partial charge in [0.2, 0.25) is 5.75 Å². The van der Waals surface area contributed by atoms with E-state index in [1.165, 1.54) is 30.3 Å². The van der Waals surface area contributed by atoms with Gasteiger partial charge in [-0.25, -0.2) is 4.39 Å². The Hall–Kier alpha value is -2.14. The molecule has 98 valence electrons. The molecule has 0 amide bonds. The number of nitro benzene ring substituents is 1. The lowest BCUT2D eigenvalue weighted by Gasteiger charge is -2.08. The lowest BCUT2D eigenvalue weighted by atomic mass is 10.2. The first kappa shape index (κ1) is 13.3. The quantitative estimate of drug-likeness (QED) is 0.615. The Morgan fingerprint density at radius 2 is 2.05 bits per heavy atom. The number of aryl methyl sites for hydroxylation is 1. The van der Waals surface area contributed by atoms with E-state index in [-0.39, 0.29) is 22.3 Å². The highest BCUT2D eigenvalue weighted by Gasteiger charge is 2.20. The SMILES string of the molecule is Cc1cc(Oc2cccc(Cl)c2[N+](=O)[O-])ccc1F. The third-order valence-corrected chi connectivity index (χ3v) is 2.79. The molecule has 0 fully saturated rings. The highest BCUT2D eigenvalue weighted by Crippen LogP contribution is 2.37. The average Bonchev–Trinajstić information content (AvgIpc) is 2.33. The minimum absolute atomic E-state index is 0.0127. The van der Waals surface area contributed by atoms with Crippen LogP contribution in [0.3, 0.4) is 0 Å². The van der Waals surface area contributed by atoms with E-state index in [1.807, 2.05) is 0 Å². The predicted octanol–water partition coefficient (Wildman–Crippen LogP) is 4.49. The van der Waals surface area contributed by atoms with Gasteiger partial charge in [-0.2, -0.15) is 0 Å². The van der Waals surface area contributed by atoms with Crippen molar-refractivity contribution in [1.82, 2.24) is 0 Å². The van der Waals surface area contributed by atoms with Gasteiger partial charge in [-0.15, -0.1) is 0 Å². The number of rotatable bonds is 3. The molecule has 0 radical (unpaired) electrons. The second-order valence-corrected chi connectivity index (χ2v) is 4.26. The zero-order valence-corrected chi connectivity index (χ0v) is 10.6. The van der Waals surface area contributed by atoms with E-state index in [2.05, 4.69) is 0 Å². The van der Waals surface area contributed by atoms with Crippen LogP contribution in [0.1, 0.15) is 5.56 Å². The van der Waals surface area contributed by atoms with Crippen LogP contribution in [-0.4, -0.2) is 4.92 Å². The Labute approximate surface area is 113 Å². The van der Waals surface area contributed by atoms with Crippen molar-refractivity contribution in [2.45, 2.75) is 6.92 Å². The van der Waals surface area contributed by atoms with E-state index in [9.17, 15) is 14.5 Å². The van der Waals surface area contributed by atoms with Gasteiger partial charge in [-0.05, 0) is 42.8 Å². The molecule has 0 spiro atoms. The fraction of sp³-hybridized carbons (Fsp3) is 0.0769. The number of benzene rings is 2. The van der Waals surface area contributed by atoms with Crippen LogP contribution in [0.25, 0.3) is 0 Å². The first-order chi connectivity index (χ1) is 8.99. The summed E-state index contributed by atoms with van der Waals surface area (Å²) in [5.74, 6) is -0.0410. The molecule has 2 rings (SSSR count). The molecular formula is C13H9ClFNO3. The molecule has 0 saturated carbocycles. The van der Waals surface area contributed by atoms with Gasteiger partial charge in [0.1, 0.15) is 16.6 Å². The fourth-order valence-electron chi connectivity index (χ4n) is 1.56. The number of hydrogen-bond donors (Lipinski definition) is 0. The standard InChI is InChI=1S/C13H9ClFNO3/c1-8-7-9(5-6-11(8)15)19-12-4-2-3-10(14)13(12)16(17)18/h2-7H,1H3. The summed E-state index contributed by atoms with van der Waals surface area (Å²) in [5.41, 5.74) is 0.0772. The molecule has 2 aromatic rings. The van der Waals surface area contributed by atoms with Crippen LogP contribution in [0.15, 0.2) is 36.4 Å². The van der Waals surface area contributed by atoms with Crippen molar-refractivity contribution in [3.8, 4) is 11.5 Å². The summed E-state index contributed by atoms with van der Waals surface area (Å²) < 4.78 is 18.5. The van der Waals surface area contributed by atoms with E-state index < -0.39 is 4.92 Å². The summed E-state index contributed by atoms with van der Waals surface area (Å²) in [6.45, 7) is 1.58. The molecule has 0 unspecified atom stereocenters. The van der Waals surface area contributed by atoms with Crippen molar-refractivity contribution >= 4 is 17.3 Å². The highest BCUT2D eigenvalue weighted by atomic mass is 35.5. The van der Waals surface area contributed by atoms with Crippen molar-refractivity contribution in [2.24, 2.45) is 0 Å². The maximum Gasteiger partial charge on any atom is 0.329 e. The van der Waals surface area contributed by atoms with Crippen molar-refractivity contribution in [2.75, 3.05) is 0 Å². The molecule has 0 atom stereocenters. The van der Waals surface area contributed by atoms with Crippen LogP contribution in [0.2, 0.25) is 5.02 Å². The molecule has 2 aromatic carbocycles. The van der Waals surface area contributed by atoms with Gasteiger partial charge in [0.05, 0.1) is 4.92 Å². The zero-order chi connectivity index (χ0) is 14.0. The molecule has 0 aliphatic heterocycles. The number of nitrogens with zero attached hydrogens (tertiary/aromatic N) is 1. The molecule has 0 saturated heterocycles. The maximum absolute atomic E-state index is 13.1. The molecule has 0 aliphatic rings. The second kappa shape index (κ2) is 5.24. The monoisotopic (exact) mass is 281 g/mol. The van der Waals surface area contributed by atoms with Gasteiger partial charge in [-0.1, -0.05) is 17.7 Å². The number of nitro groups is 1. The van der Waals surface area contributed by atoms with Crippen molar-refractivity contribution in [3.05, 3.63) is 62.9 Å². The topological polar surface area (TPSA) is 52.4 Å². The first-order valence-electron chi connectivity index (χ1n) is 5.36. The normalized spacial score (nSPS) is 10.3. The molecule has 19 heavy (non-hydrogen) atoms. The fourth-order valence-corrected chi connectivity index (χ4v) is 1.80. The number of halogens is 2. The van der Waals surface area contributed by atoms with E-state index in [1.54, 1.807) is 13.0 Å². The Kier molecular flexibility index (Phi) is 3.66. The van der Waals surface area contributed by atoms with Gasteiger partial charge in [0.15, 0.2) is 0 Å². The Balaban J connectivity index is 2.40. The summed E-state index contributed by atoms with van der Waals surface area (Å²) in [6, 6.07) is 8.47. The van der Waals surface area contributed by atoms with Gasteiger partial charge in [0, 0.05) is 0 Å². The third kappa shape index (κ3) is 2.82. The smallest absolute Gasteiger partial charge is 0.329 e. The number of ether oxygens (including phenoxy) is 1. The molecule has 4 nitrogen and oxygen atoms in total. The highest BCUT2D eigenvalue weighted by molar-refractivity contribution is 6.32. The van der Waals surface area contributed by atoms with Crippen LogP contribution in [0.4, 0.5) is 10.1 Å². The van der Waals surface area contributed by atoms with Crippen LogP contribution >= 0.6 is 11.6 Å². The van der Waals surface area contributed by atoms with E-state index in [4.69, 9.17) is 16.3 Å². The molecule has 0 aliphatic carbocycles. The van der Waals surface area contributed by atoms with Crippen molar-refractivity contribution < 1.29 is 14.1 Å².